The summed E-state index contributed by atoms with van der Waals surface area (Å²) in [6, 6.07) is -1.63. The van der Waals surface area contributed by atoms with Crippen molar-refractivity contribution < 1.29 is 20.4 Å². The minimum atomic E-state index is -0.923. The lowest BCUT2D eigenvalue weighted by atomic mass is 10.1. The second-order valence-electron chi connectivity index (χ2n) is 4.50. The van der Waals surface area contributed by atoms with Crippen LogP contribution in [0.3, 0.4) is 0 Å². The molecule has 0 aliphatic heterocycles. The number of hydrogen-bond acceptors (Lipinski definition) is 5. The highest BCUT2D eigenvalue weighted by Crippen LogP contribution is 1.96. The summed E-state index contributed by atoms with van der Waals surface area (Å²) in [5.74, 6) is -1.47. The van der Waals surface area contributed by atoms with Crippen molar-refractivity contribution in [3.8, 4) is 0 Å². The predicted octanol–water partition coefficient (Wildman–Crippen LogP) is -4.21. The van der Waals surface area contributed by atoms with Crippen LogP contribution in [0, 0.1) is 10.1 Å². The van der Waals surface area contributed by atoms with Crippen LogP contribution in [0.1, 0.15) is 19.3 Å². The van der Waals surface area contributed by atoms with Gasteiger partial charge in [0.2, 0.25) is 11.8 Å². The number of nitro groups is 1. The van der Waals surface area contributed by atoms with Gasteiger partial charge in [-0.25, -0.2) is 10.1 Å². The zero-order valence-electron chi connectivity index (χ0n) is 12.2. The van der Waals surface area contributed by atoms with Gasteiger partial charge in [0.15, 0.2) is 5.03 Å². The van der Waals surface area contributed by atoms with Crippen LogP contribution in [0.4, 0.5) is 0 Å². The molecule has 12 heteroatoms. The first-order valence-corrected chi connectivity index (χ1v) is 6.64. The van der Waals surface area contributed by atoms with Gasteiger partial charge in [-0.05, 0) is 12.8 Å². The zero-order valence-corrected chi connectivity index (χ0v) is 12.2. The van der Waals surface area contributed by atoms with Gasteiger partial charge in [0.25, 0.3) is 5.96 Å². The molecule has 0 spiro atoms. The molecular weight excluding hydrogens is 296 g/mol. The Morgan fingerprint density at radius 1 is 1.32 bits per heavy atom. The maximum atomic E-state index is 11.8. The minimum Gasteiger partial charge on any atom is -0.368 e. The van der Waals surface area contributed by atoms with Gasteiger partial charge < -0.3 is 33.6 Å². The van der Waals surface area contributed by atoms with Crippen LogP contribution in [0.2, 0.25) is 0 Å². The standard InChI is InChI=1S/C10H22N8O4/c11-4-3-7(8(13)19)16-9(20)6(12)2-1-5-15-10(14)17-18(21)22/h6-7H,1-5,11-12H2,(H2,13,19)(H,16,20)(H3,14,15,17)/p+1/t6-,7-/m0/s1. The lowest BCUT2D eigenvalue weighted by Crippen LogP contribution is -2.56. The molecule has 0 aliphatic carbocycles. The number of guanidine groups is 1. The van der Waals surface area contributed by atoms with E-state index in [0.717, 1.165) is 0 Å². The molecule has 0 bridgehead atoms. The van der Waals surface area contributed by atoms with E-state index in [2.05, 4.69) is 21.5 Å². The monoisotopic (exact) mass is 319 g/mol. The Kier molecular flexibility index (Phi) is 9.13. The number of nitrogens with one attached hydrogen (secondary N) is 2. The molecule has 2 atom stereocenters. The fourth-order valence-electron chi connectivity index (χ4n) is 1.56. The topological polar surface area (TPSA) is 219 Å². The average molecular weight is 319 g/mol. The summed E-state index contributed by atoms with van der Waals surface area (Å²) in [7, 11) is 0. The molecule has 2 amide bonds. The van der Waals surface area contributed by atoms with Crippen molar-refractivity contribution in [1.82, 2.24) is 10.6 Å². The second-order valence-corrected chi connectivity index (χ2v) is 4.50. The lowest BCUT2D eigenvalue weighted by Gasteiger charge is -2.17. The smallest absolute Gasteiger partial charge is 0.266 e. The fraction of sp³-hybridized carbons (Fsp3) is 0.700. The Hall–Kier alpha value is -2.47. The van der Waals surface area contributed by atoms with E-state index in [9.17, 15) is 19.7 Å². The lowest BCUT2D eigenvalue weighted by molar-refractivity contribution is -0.485. The molecule has 0 saturated carbocycles. The van der Waals surface area contributed by atoms with Crippen molar-refractivity contribution >= 4 is 17.8 Å². The number of nitrogens with two attached hydrogens (primary N) is 3. The summed E-state index contributed by atoms with van der Waals surface area (Å²) in [5.41, 5.74) is 19.6. The van der Waals surface area contributed by atoms with Gasteiger partial charge in [-0.15, -0.1) is 0 Å². The molecule has 0 aromatic rings. The third-order valence-corrected chi connectivity index (χ3v) is 2.68. The van der Waals surface area contributed by atoms with Crippen LogP contribution in [0.15, 0.2) is 5.10 Å². The fourth-order valence-corrected chi connectivity index (χ4v) is 1.56. The third-order valence-electron chi connectivity index (χ3n) is 2.68. The number of carbonyl (C=O) groups excluding carboxylic acids is 2. The average Bonchev–Trinajstić information content (AvgIpc) is 2.41. The highest BCUT2D eigenvalue weighted by atomic mass is 16.7. The van der Waals surface area contributed by atoms with Gasteiger partial charge in [-0.3, -0.25) is 9.59 Å². The Labute approximate surface area is 126 Å². The Morgan fingerprint density at radius 2 is 1.95 bits per heavy atom. The van der Waals surface area contributed by atoms with Crippen LogP contribution in [-0.4, -0.2) is 48.0 Å². The van der Waals surface area contributed by atoms with E-state index in [4.69, 9.17) is 17.2 Å². The summed E-state index contributed by atoms with van der Waals surface area (Å²) in [6.07, 6.45) is 1.06. The number of carbonyl (C=O) groups is 2. The summed E-state index contributed by atoms with van der Waals surface area (Å²) >= 11 is 0. The van der Waals surface area contributed by atoms with E-state index in [0.29, 0.717) is 25.8 Å². The third kappa shape index (κ3) is 8.65. The van der Waals surface area contributed by atoms with Crippen LogP contribution in [-0.2, 0) is 9.59 Å². The molecule has 0 heterocycles. The Morgan fingerprint density at radius 3 is 2.45 bits per heavy atom. The highest BCUT2D eigenvalue weighted by molar-refractivity contribution is 5.88. The van der Waals surface area contributed by atoms with Crippen molar-refractivity contribution in [1.29, 1.82) is 0 Å². The van der Waals surface area contributed by atoms with Crippen LogP contribution >= 0.6 is 0 Å². The molecule has 0 aromatic carbocycles. The molecule has 0 aromatic heterocycles. The molecule has 11 N–H and O–H groups in total. The van der Waals surface area contributed by atoms with E-state index in [1.807, 2.05) is 0 Å². The number of amides is 2. The van der Waals surface area contributed by atoms with Gasteiger partial charge in [0.1, 0.15) is 11.1 Å². The van der Waals surface area contributed by atoms with Crippen LogP contribution < -0.4 is 33.6 Å². The van der Waals surface area contributed by atoms with E-state index in [1.54, 1.807) is 0 Å². The number of nitrogens with zero attached hydrogens (tertiary/aromatic N) is 2. The maximum Gasteiger partial charge on any atom is 0.266 e. The van der Waals surface area contributed by atoms with Gasteiger partial charge in [-0.2, -0.15) is 0 Å². The van der Waals surface area contributed by atoms with Crippen LogP contribution in [0.5, 0.6) is 0 Å². The van der Waals surface area contributed by atoms with Crippen molar-refractivity contribution in [2.75, 3.05) is 13.1 Å². The summed E-state index contributed by atoms with van der Waals surface area (Å²) < 4.78 is 0. The van der Waals surface area contributed by atoms with E-state index in [-0.39, 0.29) is 12.5 Å². The Balaban J connectivity index is 4.10. The minimum absolute atomic E-state index is 0.266. The quantitative estimate of drug-likeness (QED) is 0.0764. The van der Waals surface area contributed by atoms with E-state index in [1.165, 1.54) is 0 Å². The predicted molar refractivity (Wildman–Crippen MR) is 77.3 cm³/mol. The van der Waals surface area contributed by atoms with Crippen LogP contribution in [0.25, 0.3) is 0 Å². The summed E-state index contributed by atoms with van der Waals surface area (Å²) in [6.45, 7) is 0.713. The SMILES string of the molecule is NC(=O)[C@H](CC[NH3+])NC(=O)[C@@H](N)CCCN/C(N)=N\[N+](=O)[O-]. The van der Waals surface area contributed by atoms with E-state index < -0.39 is 28.9 Å². The molecule has 22 heavy (non-hydrogen) atoms. The van der Waals surface area contributed by atoms with Crippen molar-refractivity contribution in [3.63, 3.8) is 0 Å². The molecule has 0 fully saturated rings. The van der Waals surface area contributed by atoms with E-state index >= 15 is 0 Å². The summed E-state index contributed by atoms with van der Waals surface area (Å²) in [5, 5.41) is 16.9. The highest BCUT2D eigenvalue weighted by Gasteiger charge is 2.21. The van der Waals surface area contributed by atoms with Gasteiger partial charge in [0, 0.05) is 13.0 Å². The molecule has 0 unspecified atom stereocenters. The number of quaternary nitrogens is 1. The molecule has 126 valence electrons. The second kappa shape index (κ2) is 10.3. The van der Waals surface area contributed by atoms with Crippen molar-refractivity contribution in [2.24, 2.45) is 22.3 Å². The number of hydrazone groups is 1. The summed E-state index contributed by atoms with van der Waals surface area (Å²) in [4.78, 5) is 32.9. The number of primary amides is 1. The number of hydrogen-bond donors (Lipinski definition) is 6. The number of rotatable bonds is 10. The molecule has 0 rings (SSSR count). The van der Waals surface area contributed by atoms with Gasteiger partial charge in [-0.1, -0.05) is 0 Å². The zero-order chi connectivity index (χ0) is 17.1. The molecular formula is C10H23N8O4+. The molecule has 0 saturated heterocycles. The Bertz CT molecular complexity index is 427. The van der Waals surface area contributed by atoms with Crippen molar-refractivity contribution in [3.05, 3.63) is 10.1 Å². The normalized spacial score (nSPS) is 14.0. The first-order valence-electron chi connectivity index (χ1n) is 6.64. The molecule has 12 nitrogen and oxygen atoms in total. The molecule has 0 radical (unpaired) electrons. The molecule has 0 aliphatic rings. The first kappa shape index (κ1) is 19.5. The van der Waals surface area contributed by atoms with Gasteiger partial charge >= 0.3 is 0 Å². The van der Waals surface area contributed by atoms with Gasteiger partial charge in [0.05, 0.1) is 12.6 Å². The largest absolute Gasteiger partial charge is 0.368 e. The maximum absolute atomic E-state index is 11.8. The first-order chi connectivity index (χ1) is 10.3. The van der Waals surface area contributed by atoms with Crippen molar-refractivity contribution in [2.45, 2.75) is 31.3 Å².